The zero-order chi connectivity index (χ0) is 22.5. The van der Waals surface area contributed by atoms with Gasteiger partial charge < -0.3 is 19.6 Å². The number of aryl methyl sites for hydroxylation is 1. The van der Waals surface area contributed by atoms with E-state index < -0.39 is 6.10 Å². The fraction of sp³-hybridized carbons (Fsp3) is 0.538. The first kappa shape index (κ1) is 22.7. The average Bonchev–Trinajstić information content (AvgIpc) is 2.83. The molecule has 1 aromatic heterocycles. The Bertz CT molecular complexity index is 894. The van der Waals surface area contributed by atoms with Crippen LogP contribution in [0, 0.1) is 11.8 Å². The highest BCUT2D eigenvalue weighted by Crippen LogP contribution is 2.31. The van der Waals surface area contributed by atoms with Crippen LogP contribution in [0.15, 0.2) is 42.6 Å². The normalized spacial score (nSPS) is 18.4. The summed E-state index contributed by atoms with van der Waals surface area (Å²) < 4.78 is 5.82. The molecular weight excluding hydrogens is 402 g/mol. The minimum absolute atomic E-state index is 0.0106. The number of fused-ring (bicyclic) bond motifs is 1. The molecule has 3 heterocycles. The van der Waals surface area contributed by atoms with Crippen LogP contribution in [-0.4, -0.2) is 53.7 Å². The maximum Gasteiger partial charge on any atom is 0.229 e. The summed E-state index contributed by atoms with van der Waals surface area (Å²) in [7, 11) is 0. The van der Waals surface area contributed by atoms with Gasteiger partial charge in [0.15, 0.2) is 0 Å². The van der Waals surface area contributed by atoms with Gasteiger partial charge in [0.2, 0.25) is 11.8 Å². The second kappa shape index (κ2) is 10.5. The fourth-order valence-corrected chi connectivity index (χ4v) is 4.69. The van der Waals surface area contributed by atoms with E-state index in [1.54, 1.807) is 6.20 Å². The van der Waals surface area contributed by atoms with E-state index in [0.29, 0.717) is 24.9 Å². The van der Waals surface area contributed by atoms with Crippen molar-refractivity contribution in [1.82, 2.24) is 9.88 Å². The topological polar surface area (TPSA) is 65.9 Å². The Hall–Kier alpha value is -2.44. The Morgan fingerprint density at radius 3 is 2.72 bits per heavy atom. The number of ether oxygens (including phenoxy) is 1. The number of pyridine rings is 1. The van der Waals surface area contributed by atoms with E-state index >= 15 is 0 Å². The lowest BCUT2D eigenvalue weighted by Gasteiger charge is -2.34. The first-order valence-electron chi connectivity index (χ1n) is 11.9. The van der Waals surface area contributed by atoms with Crippen LogP contribution >= 0.6 is 0 Å². The van der Waals surface area contributed by atoms with E-state index in [9.17, 15) is 9.90 Å². The van der Waals surface area contributed by atoms with Crippen molar-refractivity contribution >= 4 is 11.6 Å². The molecule has 1 amide bonds. The molecule has 32 heavy (non-hydrogen) atoms. The Morgan fingerprint density at radius 2 is 2.00 bits per heavy atom. The number of aromatic nitrogens is 1. The lowest BCUT2D eigenvalue weighted by Crippen LogP contribution is -2.38. The number of likely N-dealkylation sites (tertiary alicyclic amines) is 1. The molecule has 4 rings (SSSR count). The predicted molar refractivity (Wildman–Crippen MR) is 126 cm³/mol. The smallest absolute Gasteiger partial charge is 0.229 e. The zero-order valence-corrected chi connectivity index (χ0v) is 19.2. The van der Waals surface area contributed by atoms with Crippen LogP contribution in [-0.2, 0) is 11.2 Å². The molecule has 1 saturated heterocycles. The number of hydrogen-bond donors (Lipinski definition) is 1. The number of carbonyl (C=O) groups excluding carboxylic acids is 1. The molecule has 2 aliphatic rings. The molecule has 0 unspecified atom stereocenters. The van der Waals surface area contributed by atoms with Gasteiger partial charge in [-0.1, -0.05) is 32.0 Å². The summed E-state index contributed by atoms with van der Waals surface area (Å²) >= 11 is 0. The van der Waals surface area contributed by atoms with Gasteiger partial charge in [0.05, 0.1) is 12.7 Å². The van der Waals surface area contributed by atoms with Gasteiger partial charge >= 0.3 is 0 Å². The number of piperidine rings is 1. The van der Waals surface area contributed by atoms with Crippen molar-refractivity contribution in [3.8, 4) is 5.88 Å². The molecule has 1 fully saturated rings. The summed E-state index contributed by atoms with van der Waals surface area (Å²) in [5, 5.41) is 10.9. The third kappa shape index (κ3) is 5.48. The Morgan fingerprint density at radius 1 is 1.19 bits per heavy atom. The van der Waals surface area contributed by atoms with Crippen molar-refractivity contribution < 1.29 is 14.6 Å². The predicted octanol–water partition coefficient (Wildman–Crippen LogP) is 3.84. The average molecular weight is 438 g/mol. The highest BCUT2D eigenvalue weighted by molar-refractivity contribution is 5.95. The number of aliphatic hydroxyl groups excluding tert-OH is 1. The van der Waals surface area contributed by atoms with Crippen molar-refractivity contribution in [2.75, 3.05) is 37.7 Å². The van der Waals surface area contributed by atoms with Gasteiger partial charge in [0.1, 0.15) is 0 Å². The van der Waals surface area contributed by atoms with E-state index in [0.717, 1.165) is 56.6 Å². The monoisotopic (exact) mass is 437 g/mol. The summed E-state index contributed by atoms with van der Waals surface area (Å²) in [6.07, 6.45) is 5.29. The van der Waals surface area contributed by atoms with Gasteiger partial charge in [-0.05, 0) is 68.0 Å². The molecule has 0 spiro atoms. The van der Waals surface area contributed by atoms with Gasteiger partial charge in [-0.2, -0.15) is 0 Å². The molecular formula is C26H35N3O3. The molecule has 1 aromatic carbocycles. The fourth-order valence-electron chi connectivity index (χ4n) is 4.69. The summed E-state index contributed by atoms with van der Waals surface area (Å²) in [4.78, 5) is 21.0. The highest BCUT2D eigenvalue weighted by atomic mass is 16.5. The summed E-state index contributed by atoms with van der Waals surface area (Å²) in [5.74, 6) is 1.38. The number of anilines is 1. The van der Waals surface area contributed by atoms with Gasteiger partial charge in [0.25, 0.3) is 0 Å². The number of rotatable bonds is 7. The quantitative estimate of drug-likeness (QED) is 0.713. The van der Waals surface area contributed by atoms with Crippen LogP contribution in [0.5, 0.6) is 5.88 Å². The standard InChI is InChI=1S/C26H35N3O3/c1-19(2)26(31)29-13-5-6-21-16-22(8-9-23(21)29)24(30)17-28-14-10-20(11-15-28)18-32-25-7-3-4-12-27-25/h3-4,7-9,12,16,19-20,24,30H,5-6,10-11,13-15,17-18H2,1-2H3/t24-/m0/s1. The summed E-state index contributed by atoms with van der Waals surface area (Å²) in [6.45, 7) is 7.95. The Labute approximate surface area is 191 Å². The van der Waals surface area contributed by atoms with Crippen LogP contribution in [0.1, 0.15) is 50.3 Å². The van der Waals surface area contributed by atoms with Gasteiger partial charge in [-0.3, -0.25) is 4.79 Å². The minimum atomic E-state index is -0.516. The number of aliphatic hydroxyl groups is 1. The molecule has 6 heteroatoms. The number of hydrogen-bond acceptors (Lipinski definition) is 5. The molecule has 2 aromatic rings. The molecule has 1 N–H and O–H groups in total. The number of β-amino-alcohol motifs (C(OH)–C–C–N with tert-alkyl or cyclic N) is 1. The number of benzene rings is 1. The second-order valence-corrected chi connectivity index (χ2v) is 9.38. The van der Waals surface area contributed by atoms with Crippen molar-refractivity contribution in [1.29, 1.82) is 0 Å². The minimum Gasteiger partial charge on any atom is -0.477 e. The van der Waals surface area contributed by atoms with Crippen LogP contribution in [0.2, 0.25) is 0 Å². The van der Waals surface area contributed by atoms with E-state index in [2.05, 4.69) is 16.0 Å². The van der Waals surface area contributed by atoms with Gasteiger partial charge in [-0.15, -0.1) is 0 Å². The molecule has 2 aliphatic heterocycles. The van der Waals surface area contributed by atoms with Crippen LogP contribution < -0.4 is 9.64 Å². The first-order valence-corrected chi connectivity index (χ1v) is 11.9. The van der Waals surface area contributed by atoms with Crippen LogP contribution in [0.4, 0.5) is 5.69 Å². The molecule has 0 radical (unpaired) electrons. The van der Waals surface area contributed by atoms with Crippen molar-refractivity contribution in [2.24, 2.45) is 11.8 Å². The van der Waals surface area contributed by atoms with E-state index in [1.165, 1.54) is 5.56 Å². The van der Waals surface area contributed by atoms with Crippen LogP contribution in [0.3, 0.4) is 0 Å². The van der Waals surface area contributed by atoms with Crippen molar-refractivity contribution in [2.45, 2.75) is 45.6 Å². The summed E-state index contributed by atoms with van der Waals surface area (Å²) in [6, 6.07) is 11.8. The zero-order valence-electron chi connectivity index (χ0n) is 19.2. The Balaban J connectivity index is 1.29. The number of carbonyl (C=O) groups is 1. The first-order chi connectivity index (χ1) is 15.5. The largest absolute Gasteiger partial charge is 0.477 e. The molecule has 6 nitrogen and oxygen atoms in total. The maximum absolute atomic E-state index is 12.6. The summed E-state index contributed by atoms with van der Waals surface area (Å²) in [5.41, 5.74) is 3.13. The van der Waals surface area contributed by atoms with Gasteiger partial charge in [-0.25, -0.2) is 4.98 Å². The van der Waals surface area contributed by atoms with Crippen molar-refractivity contribution in [3.63, 3.8) is 0 Å². The van der Waals surface area contributed by atoms with E-state index in [1.807, 2.05) is 49.1 Å². The highest BCUT2D eigenvalue weighted by Gasteiger charge is 2.26. The molecule has 0 saturated carbocycles. The maximum atomic E-state index is 12.6. The number of amides is 1. The SMILES string of the molecule is CC(C)C(=O)N1CCCc2cc([C@@H](O)CN3CCC(COc4ccccn4)CC3)ccc21. The third-order valence-corrected chi connectivity index (χ3v) is 6.61. The molecule has 172 valence electrons. The second-order valence-electron chi connectivity index (χ2n) is 9.38. The van der Waals surface area contributed by atoms with E-state index in [4.69, 9.17) is 4.74 Å². The molecule has 0 bridgehead atoms. The van der Waals surface area contributed by atoms with Gasteiger partial charge in [0, 0.05) is 37.0 Å². The number of nitrogens with zero attached hydrogens (tertiary/aromatic N) is 3. The third-order valence-electron chi connectivity index (χ3n) is 6.61. The lowest BCUT2D eigenvalue weighted by molar-refractivity contribution is -0.121. The molecule has 0 aliphatic carbocycles. The van der Waals surface area contributed by atoms with E-state index in [-0.39, 0.29) is 11.8 Å². The van der Waals surface area contributed by atoms with Crippen molar-refractivity contribution in [3.05, 3.63) is 53.7 Å². The van der Waals surface area contributed by atoms with Crippen LogP contribution in [0.25, 0.3) is 0 Å². The lowest BCUT2D eigenvalue weighted by atomic mass is 9.95. The molecule has 1 atom stereocenters. The Kier molecular flexibility index (Phi) is 7.43.